The average molecular weight is 349 g/mol. The summed E-state index contributed by atoms with van der Waals surface area (Å²) in [6.07, 6.45) is 5.05. The lowest BCUT2D eigenvalue weighted by molar-refractivity contribution is 0.0696. The highest BCUT2D eigenvalue weighted by Crippen LogP contribution is 2.22. The van der Waals surface area contributed by atoms with Crippen molar-refractivity contribution in [2.45, 2.75) is 19.8 Å². The van der Waals surface area contributed by atoms with E-state index in [4.69, 9.17) is 11.6 Å². The van der Waals surface area contributed by atoms with Crippen LogP contribution in [0.5, 0.6) is 0 Å². The summed E-state index contributed by atoms with van der Waals surface area (Å²) in [5.41, 5.74) is 1.04. The first-order valence-corrected chi connectivity index (χ1v) is 8.24. The molecule has 1 aliphatic heterocycles. The van der Waals surface area contributed by atoms with Gasteiger partial charge >= 0.3 is 0 Å². The van der Waals surface area contributed by atoms with Crippen LogP contribution in [-0.4, -0.2) is 33.9 Å². The third kappa shape index (κ3) is 3.82. The molecule has 1 amide bonds. The van der Waals surface area contributed by atoms with Gasteiger partial charge in [-0.3, -0.25) is 4.79 Å². The molecule has 0 bridgehead atoms. The number of benzene rings is 1. The number of hydrogen-bond donors (Lipinski definition) is 1. The predicted molar refractivity (Wildman–Crippen MR) is 91.0 cm³/mol. The molecule has 1 saturated heterocycles. The number of rotatable bonds is 3. The number of nitrogens with one attached hydrogen (secondary N) is 1. The van der Waals surface area contributed by atoms with Gasteiger partial charge in [-0.25, -0.2) is 14.4 Å². The minimum Gasteiger partial charge on any atom is -0.339 e. The van der Waals surface area contributed by atoms with Gasteiger partial charge in [0.1, 0.15) is 5.82 Å². The Balaban J connectivity index is 1.66. The van der Waals surface area contributed by atoms with Crippen molar-refractivity contribution >= 4 is 29.1 Å². The Hall–Kier alpha value is -2.21. The Morgan fingerprint density at radius 2 is 1.96 bits per heavy atom. The van der Waals surface area contributed by atoms with E-state index in [1.807, 2.05) is 4.90 Å². The number of amides is 1. The third-order valence-corrected chi connectivity index (χ3v) is 4.44. The molecular formula is C17H18ClFN4O. The minimum atomic E-state index is -0.486. The van der Waals surface area contributed by atoms with E-state index in [1.54, 1.807) is 6.07 Å². The summed E-state index contributed by atoms with van der Waals surface area (Å²) in [6.45, 7) is 3.75. The van der Waals surface area contributed by atoms with Crippen LogP contribution in [0.1, 0.15) is 30.1 Å². The van der Waals surface area contributed by atoms with E-state index in [2.05, 4.69) is 22.2 Å². The normalized spacial score (nSPS) is 15.4. The maximum atomic E-state index is 13.1. The fraction of sp³-hybridized carbons (Fsp3) is 0.353. The molecule has 0 aliphatic carbocycles. The zero-order valence-electron chi connectivity index (χ0n) is 13.3. The Labute approximate surface area is 144 Å². The number of aromatic nitrogens is 2. The molecule has 0 atom stereocenters. The number of carbonyl (C=O) groups is 1. The number of halogens is 2. The van der Waals surface area contributed by atoms with Crippen LogP contribution < -0.4 is 5.32 Å². The molecule has 1 fully saturated rings. The highest BCUT2D eigenvalue weighted by atomic mass is 35.5. The van der Waals surface area contributed by atoms with E-state index in [0.717, 1.165) is 25.9 Å². The van der Waals surface area contributed by atoms with Crippen LogP contribution in [-0.2, 0) is 0 Å². The first-order valence-electron chi connectivity index (χ1n) is 7.86. The van der Waals surface area contributed by atoms with Crippen molar-refractivity contribution in [3.63, 3.8) is 0 Å². The van der Waals surface area contributed by atoms with Crippen LogP contribution in [0.25, 0.3) is 0 Å². The smallest absolute Gasteiger partial charge is 0.256 e. The third-order valence-electron chi connectivity index (χ3n) is 4.15. The molecule has 2 heterocycles. The van der Waals surface area contributed by atoms with Crippen LogP contribution in [0.2, 0.25) is 5.02 Å². The number of piperidine rings is 1. The molecule has 1 aromatic carbocycles. The van der Waals surface area contributed by atoms with Crippen molar-refractivity contribution in [1.82, 2.24) is 14.9 Å². The molecular weight excluding hydrogens is 331 g/mol. The quantitative estimate of drug-likeness (QED) is 0.914. The molecule has 126 valence electrons. The summed E-state index contributed by atoms with van der Waals surface area (Å²) in [6, 6.07) is 4.26. The molecule has 1 aromatic heterocycles. The molecule has 1 N–H and O–H groups in total. The minimum absolute atomic E-state index is 0.0196. The maximum absolute atomic E-state index is 13.1. The summed E-state index contributed by atoms with van der Waals surface area (Å²) in [4.78, 5) is 22.6. The van der Waals surface area contributed by atoms with Crippen LogP contribution in [0, 0.1) is 11.7 Å². The molecule has 1 aliphatic rings. The first-order chi connectivity index (χ1) is 11.5. The van der Waals surface area contributed by atoms with Crippen molar-refractivity contribution in [3.8, 4) is 0 Å². The Morgan fingerprint density at radius 1 is 1.29 bits per heavy atom. The molecule has 0 saturated carbocycles. The van der Waals surface area contributed by atoms with E-state index in [1.165, 1.54) is 24.5 Å². The van der Waals surface area contributed by atoms with Crippen molar-refractivity contribution in [2.24, 2.45) is 5.92 Å². The Bertz CT molecular complexity index is 730. The second-order valence-corrected chi connectivity index (χ2v) is 6.43. The summed E-state index contributed by atoms with van der Waals surface area (Å²) < 4.78 is 13.1. The zero-order chi connectivity index (χ0) is 17.1. The topological polar surface area (TPSA) is 58.1 Å². The standard InChI is InChI=1S/C17H18ClFN4O/c1-11-4-6-23(7-5-11)16(24)12-9-20-17(21-10-12)22-13-2-3-15(19)14(18)8-13/h2-3,8-11H,4-7H2,1H3,(H,20,21,22). The number of nitrogens with zero attached hydrogens (tertiary/aromatic N) is 3. The summed E-state index contributed by atoms with van der Waals surface area (Å²) in [5.74, 6) is 0.458. The molecule has 3 rings (SSSR count). The maximum Gasteiger partial charge on any atom is 0.256 e. The molecule has 0 spiro atoms. The van der Waals surface area contributed by atoms with Crippen molar-refractivity contribution in [1.29, 1.82) is 0 Å². The van der Waals surface area contributed by atoms with Gasteiger partial charge < -0.3 is 10.2 Å². The second kappa shape index (κ2) is 7.13. The van der Waals surface area contributed by atoms with E-state index in [9.17, 15) is 9.18 Å². The van der Waals surface area contributed by atoms with E-state index in [-0.39, 0.29) is 10.9 Å². The molecule has 24 heavy (non-hydrogen) atoms. The van der Waals surface area contributed by atoms with Gasteiger partial charge in [0.15, 0.2) is 0 Å². The Morgan fingerprint density at radius 3 is 2.58 bits per heavy atom. The molecule has 0 radical (unpaired) electrons. The Kier molecular flexibility index (Phi) is 4.94. The summed E-state index contributed by atoms with van der Waals surface area (Å²) in [5, 5.41) is 2.94. The van der Waals surface area contributed by atoms with E-state index in [0.29, 0.717) is 23.1 Å². The second-order valence-electron chi connectivity index (χ2n) is 6.02. The number of carbonyl (C=O) groups excluding carboxylic acids is 1. The number of likely N-dealkylation sites (tertiary alicyclic amines) is 1. The largest absolute Gasteiger partial charge is 0.339 e. The van der Waals surface area contributed by atoms with Crippen molar-refractivity contribution < 1.29 is 9.18 Å². The molecule has 7 heteroatoms. The average Bonchev–Trinajstić information content (AvgIpc) is 2.59. The van der Waals surface area contributed by atoms with E-state index < -0.39 is 5.82 Å². The van der Waals surface area contributed by atoms with Crippen molar-refractivity contribution in [3.05, 3.63) is 47.0 Å². The van der Waals surface area contributed by atoms with Crippen molar-refractivity contribution in [2.75, 3.05) is 18.4 Å². The number of hydrogen-bond acceptors (Lipinski definition) is 4. The van der Waals surface area contributed by atoms with Gasteiger partial charge in [-0.1, -0.05) is 18.5 Å². The van der Waals surface area contributed by atoms with Crippen LogP contribution in [0.4, 0.5) is 16.0 Å². The first kappa shape index (κ1) is 16.6. The van der Waals surface area contributed by atoms with Gasteiger partial charge in [-0.05, 0) is 37.0 Å². The SMILES string of the molecule is CC1CCN(C(=O)c2cnc(Nc3ccc(F)c(Cl)c3)nc2)CC1. The lowest BCUT2D eigenvalue weighted by Crippen LogP contribution is -2.38. The fourth-order valence-electron chi connectivity index (χ4n) is 2.60. The number of anilines is 2. The van der Waals surface area contributed by atoms with Gasteiger partial charge in [0, 0.05) is 31.2 Å². The fourth-order valence-corrected chi connectivity index (χ4v) is 2.78. The van der Waals surface area contributed by atoms with Crippen LogP contribution in [0.3, 0.4) is 0 Å². The van der Waals surface area contributed by atoms with Gasteiger partial charge in [0.05, 0.1) is 10.6 Å². The van der Waals surface area contributed by atoms with Gasteiger partial charge in [-0.15, -0.1) is 0 Å². The highest BCUT2D eigenvalue weighted by Gasteiger charge is 2.21. The van der Waals surface area contributed by atoms with Gasteiger partial charge in [0.2, 0.25) is 5.95 Å². The predicted octanol–water partition coefficient (Wildman–Crippen LogP) is 3.88. The summed E-state index contributed by atoms with van der Waals surface area (Å²) >= 11 is 5.74. The molecule has 2 aromatic rings. The molecule has 0 unspecified atom stereocenters. The summed E-state index contributed by atoms with van der Waals surface area (Å²) in [7, 11) is 0. The van der Waals surface area contributed by atoms with Crippen LogP contribution >= 0.6 is 11.6 Å². The highest BCUT2D eigenvalue weighted by molar-refractivity contribution is 6.31. The lowest BCUT2D eigenvalue weighted by Gasteiger charge is -2.30. The van der Waals surface area contributed by atoms with Gasteiger partial charge in [0.25, 0.3) is 5.91 Å². The zero-order valence-corrected chi connectivity index (χ0v) is 14.1. The lowest BCUT2D eigenvalue weighted by atomic mass is 9.99. The van der Waals surface area contributed by atoms with Gasteiger partial charge in [-0.2, -0.15) is 0 Å². The monoisotopic (exact) mass is 348 g/mol. The van der Waals surface area contributed by atoms with E-state index >= 15 is 0 Å². The molecule has 5 nitrogen and oxygen atoms in total. The van der Waals surface area contributed by atoms with Crippen LogP contribution in [0.15, 0.2) is 30.6 Å².